The molecule has 2 nitrogen and oxygen atoms in total. The van der Waals surface area contributed by atoms with Gasteiger partial charge in [-0.2, -0.15) is 0 Å². The number of nitrogens with two attached hydrogens (primary N) is 1. The maximum Gasteiger partial charge on any atom is 0.0826 e. The van der Waals surface area contributed by atoms with Crippen molar-refractivity contribution in [3.63, 3.8) is 0 Å². The van der Waals surface area contributed by atoms with Crippen molar-refractivity contribution in [2.75, 3.05) is 0 Å². The van der Waals surface area contributed by atoms with Crippen molar-refractivity contribution in [1.29, 1.82) is 0 Å². The third kappa shape index (κ3) is 1.84. The SMILES string of the molecule is CC[C@@](N)(PO)c1ccccc1. The summed E-state index contributed by atoms with van der Waals surface area (Å²) < 4.78 is 0. The molecule has 0 heterocycles. The van der Waals surface area contributed by atoms with Gasteiger partial charge in [0.05, 0.1) is 5.28 Å². The molecule has 0 fully saturated rings. The van der Waals surface area contributed by atoms with Crippen LogP contribution in [0.25, 0.3) is 0 Å². The molecular formula is C9H14NOP. The third-order valence-corrected chi connectivity index (χ3v) is 3.09. The van der Waals surface area contributed by atoms with Crippen LogP contribution in [0, 0.1) is 0 Å². The Bertz CT molecular complexity index is 234. The van der Waals surface area contributed by atoms with Gasteiger partial charge in [0, 0.05) is 8.81 Å². The molecule has 1 unspecified atom stereocenters. The molecule has 3 heteroatoms. The second-order valence-corrected chi connectivity index (χ2v) is 3.92. The van der Waals surface area contributed by atoms with E-state index in [1.165, 1.54) is 0 Å². The van der Waals surface area contributed by atoms with E-state index in [1.807, 2.05) is 37.3 Å². The van der Waals surface area contributed by atoms with Crippen LogP contribution < -0.4 is 5.73 Å². The van der Waals surface area contributed by atoms with Crippen LogP contribution in [-0.4, -0.2) is 4.89 Å². The van der Waals surface area contributed by atoms with Crippen molar-refractivity contribution in [2.45, 2.75) is 18.6 Å². The van der Waals surface area contributed by atoms with E-state index in [2.05, 4.69) is 0 Å². The Morgan fingerprint density at radius 3 is 2.42 bits per heavy atom. The monoisotopic (exact) mass is 183 g/mol. The molecule has 0 amide bonds. The van der Waals surface area contributed by atoms with Crippen LogP contribution in [-0.2, 0) is 5.28 Å². The number of hydrogen-bond donors (Lipinski definition) is 2. The predicted octanol–water partition coefficient (Wildman–Crippen LogP) is 1.79. The van der Waals surface area contributed by atoms with Gasteiger partial charge >= 0.3 is 0 Å². The van der Waals surface area contributed by atoms with Crippen molar-refractivity contribution < 1.29 is 4.89 Å². The summed E-state index contributed by atoms with van der Waals surface area (Å²) in [4.78, 5) is 9.14. The zero-order chi connectivity index (χ0) is 9.03. The van der Waals surface area contributed by atoms with Gasteiger partial charge in [-0.1, -0.05) is 37.3 Å². The highest BCUT2D eigenvalue weighted by atomic mass is 31.1. The molecule has 0 aromatic heterocycles. The molecule has 0 aliphatic carbocycles. The zero-order valence-electron chi connectivity index (χ0n) is 7.12. The Labute approximate surface area is 74.7 Å². The highest BCUT2D eigenvalue weighted by molar-refractivity contribution is 7.32. The molecule has 0 radical (unpaired) electrons. The van der Waals surface area contributed by atoms with Gasteiger partial charge in [0.15, 0.2) is 0 Å². The van der Waals surface area contributed by atoms with Gasteiger partial charge in [-0.15, -0.1) is 0 Å². The minimum Gasteiger partial charge on any atom is -0.375 e. The summed E-state index contributed by atoms with van der Waals surface area (Å²) in [5, 5.41) is -0.540. The molecule has 0 saturated heterocycles. The highest BCUT2D eigenvalue weighted by Crippen LogP contribution is 2.36. The van der Waals surface area contributed by atoms with E-state index in [0.717, 1.165) is 12.0 Å². The van der Waals surface area contributed by atoms with Crippen LogP contribution in [0.3, 0.4) is 0 Å². The Hall–Kier alpha value is -0.430. The second kappa shape index (κ2) is 3.99. The van der Waals surface area contributed by atoms with E-state index in [4.69, 9.17) is 10.6 Å². The minimum atomic E-state index is -0.540. The van der Waals surface area contributed by atoms with E-state index in [9.17, 15) is 0 Å². The summed E-state index contributed by atoms with van der Waals surface area (Å²) in [7, 11) is -0.243. The van der Waals surface area contributed by atoms with Crippen LogP contribution in [0.15, 0.2) is 30.3 Å². The predicted molar refractivity (Wildman–Crippen MR) is 53.1 cm³/mol. The van der Waals surface area contributed by atoms with Gasteiger partial charge in [0.25, 0.3) is 0 Å². The van der Waals surface area contributed by atoms with Gasteiger partial charge in [-0.3, -0.25) is 0 Å². The molecule has 0 aliphatic rings. The molecule has 1 aromatic carbocycles. The molecule has 0 spiro atoms. The van der Waals surface area contributed by atoms with Crippen molar-refractivity contribution in [1.82, 2.24) is 0 Å². The van der Waals surface area contributed by atoms with E-state index in [-0.39, 0.29) is 8.81 Å². The molecule has 12 heavy (non-hydrogen) atoms. The lowest BCUT2D eigenvalue weighted by Gasteiger charge is -2.25. The van der Waals surface area contributed by atoms with Crippen LogP contribution >= 0.6 is 8.81 Å². The molecule has 0 aliphatic heterocycles. The largest absolute Gasteiger partial charge is 0.375 e. The summed E-state index contributed by atoms with van der Waals surface area (Å²) in [6.45, 7) is 1.98. The van der Waals surface area contributed by atoms with Gasteiger partial charge in [-0.05, 0) is 12.0 Å². The average Bonchev–Trinajstić information content (AvgIpc) is 2.18. The van der Waals surface area contributed by atoms with Crippen LogP contribution in [0.2, 0.25) is 0 Å². The number of benzene rings is 1. The summed E-state index contributed by atoms with van der Waals surface area (Å²) >= 11 is 0. The first-order valence-corrected chi connectivity index (χ1v) is 4.93. The van der Waals surface area contributed by atoms with Crippen LogP contribution in [0.1, 0.15) is 18.9 Å². The molecule has 3 N–H and O–H groups in total. The second-order valence-electron chi connectivity index (χ2n) is 2.80. The minimum absolute atomic E-state index is 0.243. The molecule has 66 valence electrons. The van der Waals surface area contributed by atoms with Crippen molar-refractivity contribution in [2.24, 2.45) is 5.73 Å². The Kier molecular flexibility index (Phi) is 3.21. The quantitative estimate of drug-likeness (QED) is 0.702. The van der Waals surface area contributed by atoms with E-state index < -0.39 is 5.28 Å². The summed E-state index contributed by atoms with van der Waals surface area (Å²) in [5.41, 5.74) is 6.99. The fourth-order valence-corrected chi connectivity index (χ4v) is 1.54. The van der Waals surface area contributed by atoms with Gasteiger partial charge < -0.3 is 10.6 Å². The normalized spacial score (nSPS) is 16.6. The maximum absolute atomic E-state index is 9.14. The molecule has 1 aromatic rings. The maximum atomic E-state index is 9.14. The number of rotatable bonds is 3. The molecule has 0 saturated carbocycles. The highest BCUT2D eigenvalue weighted by Gasteiger charge is 2.23. The van der Waals surface area contributed by atoms with E-state index in [0.29, 0.717) is 0 Å². The summed E-state index contributed by atoms with van der Waals surface area (Å²) in [6, 6.07) is 9.72. The topological polar surface area (TPSA) is 46.2 Å². The summed E-state index contributed by atoms with van der Waals surface area (Å²) in [6.07, 6.45) is 0.756. The standard InChI is InChI=1S/C9H14NOP/c1-2-9(10,12-11)8-6-4-3-5-7-8/h3-7,11-12H,2,10H2,1H3/t9-/m1/s1. The van der Waals surface area contributed by atoms with E-state index >= 15 is 0 Å². The Morgan fingerprint density at radius 1 is 1.42 bits per heavy atom. The van der Waals surface area contributed by atoms with Gasteiger partial charge in [0.2, 0.25) is 0 Å². The summed E-state index contributed by atoms with van der Waals surface area (Å²) in [5.74, 6) is 0. The lowest BCUT2D eigenvalue weighted by atomic mass is 10.1. The third-order valence-electron chi connectivity index (χ3n) is 2.05. The van der Waals surface area contributed by atoms with Crippen molar-refractivity contribution >= 4 is 8.81 Å². The smallest absolute Gasteiger partial charge is 0.0826 e. The average molecular weight is 183 g/mol. The first-order valence-electron chi connectivity index (χ1n) is 3.98. The lowest BCUT2D eigenvalue weighted by Crippen LogP contribution is -2.30. The molecule has 2 atom stereocenters. The van der Waals surface area contributed by atoms with Gasteiger partial charge in [-0.25, -0.2) is 0 Å². The van der Waals surface area contributed by atoms with Crippen molar-refractivity contribution in [3.8, 4) is 0 Å². The van der Waals surface area contributed by atoms with E-state index in [1.54, 1.807) is 0 Å². The van der Waals surface area contributed by atoms with Crippen molar-refractivity contribution in [3.05, 3.63) is 35.9 Å². The molecule has 1 rings (SSSR count). The fraction of sp³-hybridized carbons (Fsp3) is 0.333. The molecule has 0 bridgehead atoms. The first kappa shape index (κ1) is 9.66. The van der Waals surface area contributed by atoms with Gasteiger partial charge in [0.1, 0.15) is 0 Å². The zero-order valence-corrected chi connectivity index (χ0v) is 8.12. The Balaban J connectivity index is 2.95. The Morgan fingerprint density at radius 2 is 2.00 bits per heavy atom. The van der Waals surface area contributed by atoms with Crippen LogP contribution in [0.4, 0.5) is 0 Å². The fourth-order valence-electron chi connectivity index (χ4n) is 1.08. The molecular weight excluding hydrogens is 169 g/mol. The van der Waals surface area contributed by atoms with Crippen LogP contribution in [0.5, 0.6) is 0 Å². The first-order chi connectivity index (χ1) is 5.73. The number of hydrogen-bond acceptors (Lipinski definition) is 2. The lowest BCUT2D eigenvalue weighted by molar-refractivity contribution is 0.543.